The highest BCUT2D eigenvalue weighted by Crippen LogP contribution is 2.56. The highest BCUT2D eigenvalue weighted by molar-refractivity contribution is 5.89. The number of fused-ring (bicyclic) bond motifs is 3. The molecule has 3 N–H and O–H groups in total. The van der Waals surface area contributed by atoms with Crippen molar-refractivity contribution >= 4 is 18.0 Å². The number of carbonyl (C=O) groups is 3. The van der Waals surface area contributed by atoms with Gasteiger partial charge in [0, 0.05) is 31.5 Å². The zero-order valence-electron chi connectivity index (χ0n) is 18.8. The molecule has 2 atom stereocenters. The van der Waals surface area contributed by atoms with Crippen LogP contribution in [0.25, 0.3) is 11.1 Å². The number of hydrogen-bond donors (Lipinski definition) is 3. The summed E-state index contributed by atoms with van der Waals surface area (Å²) in [6, 6.07) is 14.7. The van der Waals surface area contributed by atoms with E-state index in [0.29, 0.717) is 13.1 Å². The molecule has 8 heteroatoms. The summed E-state index contributed by atoms with van der Waals surface area (Å²) in [6.07, 6.45) is 0.549. The van der Waals surface area contributed by atoms with Gasteiger partial charge in [0.2, 0.25) is 5.91 Å². The Balaban J connectivity index is 1.25. The van der Waals surface area contributed by atoms with Gasteiger partial charge >= 0.3 is 12.1 Å². The van der Waals surface area contributed by atoms with E-state index in [1.807, 2.05) is 48.5 Å². The van der Waals surface area contributed by atoms with E-state index < -0.39 is 30.4 Å². The van der Waals surface area contributed by atoms with Crippen LogP contribution in [0, 0.1) is 11.3 Å². The number of rotatable bonds is 7. The number of likely N-dealkylation sites (tertiary alicyclic amines) is 1. The molecule has 0 bridgehead atoms. The van der Waals surface area contributed by atoms with Crippen LogP contribution in [0.15, 0.2) is 48.5 Å². The van der Waals surface area contributed by atoms with E-state index in [0.717, 1.165) is 35.1 Å². The lowest BCUT2D eigenvalue weighted by atomic mass is 9.94. The molecule has 5 rings (SSSR count). The number of carbonyl (C=O) groups excluding carboxylic acids is 2. The van der Waals surface area contributed by atoms with Gasteiger partial charge in [-0.2, -0.15) is 0 Å². The van der Waals surface area contributed by atoms with E-state index >= 15 is 0 Å². The molecule has 178 valence electrons. The van der Waals surface area contributed by atoms with E-state index in [2.05, 4.69) is 5.32 Å². The molecule has 0 radical (unpaired) electrons. The fourth-order valence-electron chi connectivity index (χ4n) is 5.56. The molecule has 8 nitrogen and oxygen atoms in total. The van der Waals surface area contributed by atoms with E-state index in [9.17, 15) is 24.6 Å². The number of aliphatic hydroxyl groups is 1. The number of amides is 2. The predicted molar refractivity (Wildman–Crippen MR) is 123 cm³/mol. The molecule has 2 fully saturated rings. The van der Waals surface area contributed by atoms with Crippen molar-refractivity contribution in [2.75, 3.05) is 26.3 Å². The van der Waals surface area contributed by atoms with Crippen LogP contribution in [-0.4, -0.2) is 65.4 Å². The molecule has 34 heavy (non-hydrogen) atoms. The number of nitrogens with zero attached hydrogens (tertiary/aromatic N) is 1. The Morgan fingerprint density at radius 3 is 2.21 bits per heavy atom. The van der Waals surface area contributed by atoms with Crippen LogP contribution in [0.3, 0.4) is 0 Å². The van der Waals surface area contributed by atoms with Crippen LogP contribution in [0.1, 0.15) is 36.3 Å². The summed E-state index contributed by atoms with van der Waals surface area (Å²) in [7, 11) is 0. The first-order chi connectivity index (χ1) is 16.4. The van der Waals surface area contributed by atoms with Crippen molar-refractivity contribution in [3.63, 3.8) is 0 Å². The molecule has 2 aromatic carbocycles. The number of carboxylic acid groups (broad SMARTS) is 1. The van der Waals surface area contributed by atoms with E-state index in [-0.39, 0.29) is 30.5 Å². The Morgan fingerprint density at radius 2 is 1.68 bits per heavy atom. The maximum absolute atomic E-state index is 13.1. The summed E-state index contributed by atoms with van der Waals surface area (Å²) in [5, 5.41) is 21.5. The minimum atomic E-state index is -1.22. The third-order valence-electron chi connectivity index (χ3n) is 7.55. The van der Waals surface area contributed by atoms with Crippen molar-refractivity contribution in [2.45, 2.75) is 31.2 Å². The molecule has 1 aliphatic heterocycles. The first kappa shape index (κ1) is 22.4. The van der Waals surface area contributed by atoms with Gasteiger partial charge in [-0.3, -0.25) is 9.59 Å². The number of carboxylic acids is 1. The van der Waals surface area contributed by atoms with Crippen LogP contribution in [0.2, 0.25) is 0 Å². The number of aliphatic hydroxyl groups excluding tert-OH is 1. The van der Waals surface area contributed by atoms with Gasteiger partial charge in [0.25, 0.3) is 0 Å². The summed E-state index contributed by atoms with van der Waals surface area (Å²) in [5.41, 5.74) is 4.29. The summed E-state index contributed by atoms with van der Waals surface area (Å²) >= 11 is 0. The molecule has 2 amide bonds. The Bertz CT molecular complexity index is 1080. The van der Waals surface area contributed by atoms with Gasteiger partial charge in [0.15, 0.2) is 0 Å². The Kier molecular flexibility index (Phi) is 5.77. The van der Waals surface area contributed by atoms with Crippen molar-refractivity contribution < 1.29 is 29.3 Å². The Hall–Kier alpha value is -3.39. The third kappa shape index (κ3) is 4.03. The van der Waals surface area contributed by atoms with Gasteiger partial charge in [0.1, 0.15) is 12.6 Å². The van der Waals surface area contributed by atoms with Crippen molar-refractivity contribution in [3.8, 4) is 11.1 Å². The van der Waals surface area contributed by atoms with Crippen molar-refractivity contribution in [1.82, 2.24) is 10.2 Å². The normalized spacial score (nSPS) is 20.5. The minimum Gasteiger partial charge on any atom is -0.481 e. The summed E-state index contributed by atoms with van der Waals surface area (Å²) in [6.45, 7) is 0.928. The molecule has 2 aliphatic carbocycles. The molecule has 1 saturated carbocycles. The van der Waals surface area contributed by atoms with Crippen LogP contribution in [0.4, 0.5) is 4.79 Å². The zero-order chi connectivity index (χ0) is 23.9. The Labute approximate surface area is 197 Å². The predicted octanol–water partition coefficient (Wildman–Crippen LogP) is 2.60. The second-order valence-electron chi connectivity index (χ2n) is 9.58. The lowest BCUT2D eigenvalue weighted by Gasteiger charge is -2.24. The molecule has 0 aromatic heterocycles. The summed E-state index contributed by atoms with van der Waals surface area (Å²) < 4.78 is 5.51. The van der Waals surface area contributed by atoms with Crippen LogP contribution in [-0.2, 0) is 14.3 Å². The maximum Gasteiger partial charge on any atom is 0.407 e. The van der Waals surface area contributed by atoms with Gasteiger partial charge in [0.05, 0.1) is 6.42 Å². The average molecular weight is 465 g/mol. The molecule has 2 aromatic rings. The second kappa shape index (κ2) is 8.76. The monoisotopic (exact) mass is 464 g/mol. The maximum atomic E-state index is 13.1. The minimum absolute atomic E-state index is 0.00335. The molecule has 1 heterocycles. The number of ether oxygens (including phenoxy) is 1. The van der Waals surface area contributed by atoms with E-state index in [1.165, 1.54) is 0 Å². The summed E-state index contributed by atoms with van der Waals surface area (Å²) in [5.74, 6) is -1.77. The quantitative estimate of drug-likeness (QED) is 0.580. The molecule has 1 saturated heterocycles. The van der Waals surface area contributed by atoms with Crippen LogP contribution < -0.4 is 5.32 Å². The molecule has 3 aliphatic rings. The van der Waals surface area contributed by atoms with Crippen molar-refractivity contribution in [1.29, 1.82) is 0 Å². The lowest BCUT2D eigenvalue weighted by molar-refractivity contribution is -0.142. The molecular formula is C26H28N2O6. The molecular weight excluding hydrogens is 436 g/mol. The van der Waals surface area contributed by atoms with Crippen molar-refractivity contribution in [3.05, 3.63) is 59.7 Å². The number of benzene rings is 2. The number of alkyl carbamates (subject to hydrolysis) is 1. The highest BCUT2D eigenvalue weighted by Gasteiger charge is 2.56. The number of nitrogens with one attached hydrogen (secondary N) is 1. The van der Waals surface area contributed by atoms with Gasteiger partial charge in [-0.05, 0) is 40.5 Å². The summed E-state index contributed by atoms with van der Waals surface area (Å²) in [4.78, 5) is 38.7. The van der Waals surface area contributed by atoms with Gasteiger partial charge in [-0.1, -0.05) is 48.5 Å². The fourth-order valence-corrected chi connectivity index (χ4v) is 5.56. The topological polar surface area (TPSA) is 116 Å². The standard InChI is InChI=1S/C26H28N2O6/c29-13-16-12-28(15-26(16)9-10-26)24(32)22(11-23(30)31)27-25(33)34-14-21-19-7-3-1-5-17(19)18-6-2-4-8-20(18)21/h1-8,16,21-22,29H,9-15H2,(H,27,33)(H,30,31). The highest BCUT2D eigenvalue weighted by atomic mass is 16.5. The van der Waals surface area contributed by atoms with Crippen molar-refractivity contribution in [2.24, 2.45) is 11.3 Å². The SMILES string of the molecule is O=C(O)CC(NC(=O)OCC1c2ccccc2-c2ccccc21)C(=O)N1CC(CO)C2(CC2)C1. The van der Waals surface area contributed by atoms with E-state index in [4.69, 9.17) is 4.74 Å². The second-order valence-corrected chi connectivity index (χ2v) is 9.58. The smallest absolute Gasteiger partial charge is 0.407 e. The van der Waals surface area contributed by atoms with Gasteiger partial charge in [-0.15, -0.1) is 0 Å². The lowest BCUT2D eigenvalue weighted by Crippen LogP contribution is -2.49. The number of hydrogen-bond acceptors (Lipinski definition) is 5. The zero-order valence-corrected chi connectivity index (χ0v) is 18.8. The molecule has 2 unspecified atom stereocenters. The largest absolute Gasteiger partial charge is 0.481 e. The first-order valence-corrected chi connectivity index (χ1v) is 11.6. The van der Waals surface area contributed by atoms with Crippen LogP contribution in [0.5, 0.6) is 0 Å². The van der Waals surface area contributed by atoms with Crippen LogP contribution >= 0.6 is 0 Å². The average Bonchev–Trinajstić information content (AvgIpc) is 3.40. The van der Waals surface area contributed by atoms with Gasteiger partial charge in [-0.25, -0.2) is 4.79 Å². The van der Waals surface area contributed by atoms with E-state index in [1.54, 1.807) is 4.90 Å². The van der Waals surface area contributed by atoms with Gasteiger partial charge < -0.3 is 25.2 Å². The Morgan fingerprint density at radius 1 is 1.06 bits per heavy atom. The molecule has 1 spiro atoms. The third-order valence-corrected chi connectivity index (χ3v) is 7.55. The fraction of sp³-hybridized carbons (Fsp3) is 0.423. The number of aliphatic carboxylic acids is 1. The first-order valence-electron chi connectivity index (χ1n) is 11.6.